The van der Waals surface area contributed by atoms with Crippen molar-refractivity contribution in [2.75, 3.05) is 64.4 Å². The van der Waals surface area contributed by atoms with E-state index in [1.165, 1.54) is 40.6 Å². The molecule has 1 aliphatic heterocycles. The Morgan fingerprint density at radius 1 is 0.489 bits per heavy atom. The highest BCUT2D eigenvalue weighted by Gasteiger charge is 2.20. The van der Waals surface area contributed by atoms with E-state index in [1.54, 1.807) is 36.7 Å². The van der Waals surface area contributed by atoms with E-state index in [2.05, 4.69) is 9.80 Å². The molecule has 0 unspecified atom stereocenters. The van der Waals surface area contributed by atoms with Gasteiger partial charge >= 0.3 is 23.9 Å². The number of pyridine rings is 2. The molecule has 12 heteroatoms. The summed E-state index contributed by atoms with van der Waals surface area (Å²) in [4.78, 5) is 62.7. The zero-order chi connectivity index (χ0) is 33.5. The van der Waals surface area contributed by atoms with Crippen LogP contribution in [0.15, 0.2) is 73.1 Å². The topological polar surface area (TPSA) is 137 Å². The molecule has 0 atom stereocenters. The number of methoxy groups -OCH3 is 4. The largest absolute Gasteiger partial charge is 0.465 e. The van der Waals surface area contributed by atoms with E-state index in [-0.39, 0.29) is 22.3 Å². The van der Waals surface area contributed by atoms with Crippen LogP contribution in [0.3, 0.4) is 0 Å². The van der Waals surface area contributed by atoms with E-state index in [9.17, 15) is 19.2 Å². The number of hydrogen-bond donors (Lipinski definition) is 0. The molecule has 0 bridgehead atoms. The van der Waals surface area contributed by atoms with Crippen LogP contribution in [0.25, 0.3) is 22.3 Å². The van der Waals surface area contributed by atoms with Crippen LogP contribution >= 0.6 is 0 Å². The molecule has 242 valence electrons. The second-order valence-electron chi connectivity index (χ2n) is 10.7. The third kappa shape index (κ3) is 7.38. The van der Waals surface area contributed by atoms with Gasteiger partial charge in [0.05, 0.1) is 50.7 Å². The first-order valence-electron chi connectivity index (χ1n) is 14.8. The molecular weight excluding hydrogens is 604 g/mol. The summed E-state index contributed by atoms with van der Waals surface area (Å²) in [6, 6.07) is 17.2. The number of carbonyl (C=O) groups is 4. The Bertz CT molecular complexity index is 1590. The minimum atomic E-state index is -0.555. The summed E-state index contributed by atoms with van der Waals surface area (Å²) in [5, 5.41) is 0. The first-order chi connectivity index (χ1) is 22.7. The standard InChI is InChI=1S/C35H34N4O8/c1-44-32(40)26-14-24(15-27(18-26)33(41)45-2)22-6-8-30(36-20-22)38-10-5-11-39(13-12-38)31-9-7-23(21-37-31)25-16-28(34(42)46-3)19-29(17-25)35(43)47-4/h6-9,14-21H,5,10-13H2,1-4H3. The minimum absolute atomic E-state index is 0.240. The number of ether oxygens (including phenoxy) is 4. The van der Waals surface area contributed by atoms with Crippen molar-refractivity contribution in [1.82, 2.24) is 9.97 Å². The summed E-state index contributed by atoms with van der Waals surface area (Å²) in [7, 11) is 5.14. The summed E-state index contributed by atoms with van der Waals surface area (Å²) < 4.78 is 19.4. The van der Waals surface area contributed by atoms with Crippen molar-refractivity contribution in [3.05, 3.63) is 95.3 Å². The molecule has 1 aliphatic rings. The van der Waals surface area contributed by atoms with Crippen LogP contribution in [0.4, 0.5) is 11.6 Å². The lowest BCUT2D eigenvalue weighted by Gasteiger charge is -2.23. The molecule has 0 saturated carbocycles. The highest BCUT2D eigenvalue weighted by molar-refractivity contribution is 5.98. The molecule has 0 aliphatic carbocycles. The zero-order valence-corrected chi connectivity index (χ0v) is 26.5. The maximum absolute atomic E-state index is 12.2. The smallest absolute Gasteiger partial charge is 0.337 e. The quantitative estimate of drug-likeness (QED) is 0.196. The second-order valence-corrected chi connectivity index (χ2v) is 10.7. The maximum atomic E-state index is 12.2. The van der Waals surface area contributed by atoms with E-state index in [1.807, 2.05) is 24.3 Å². The van der Waals surface area contributed by atoms with Crippen LogP contribution in [0.2, 0.25) is 0 Å². The molecule has 4 aromatic rings. The number of aromatic nitrogens is 2. The Balaban J connectivity index is 1.29. The van der Waals surface area contributed by atoms with Crippen LogP contribution in [0, 0.1) is 0 Å². The Morgan fingerprint density at radius 2 is 0.830 bits per heavy atom. The van der Waals surface area contributed by atoms with E-state index in [0.29, 0.717) is 24.2 Å². The number of hydrogen-bond acceptors (Lipinski definition) is 12. The SMILES string of the molecule is COC(=O)c1cc(C(=O)OC)cc(-c2ccc(N3CCCN(c4ccc(-c5cc(C(=O)OC)cc(C(=O)OC)c5)cn4)CC3)nc2)c1. The molecule has 1 fully saturated rings. The summed E-state index contributed by atoms with van der Waals surface area (Å²) in [5.74, 6) is -0.604. The molecule has 3 heterocycles. The van der Waals surface area contributed by atoms with Gasteiger partial charge in [-0.15, -0.1) is 0 Å². The Labute approximate surface area is 271 Å². The van der Waals surface area contributed by atoms with Crippen molar-refractivity contribution < 1.29 is 38.1 Å². The van der Waals surface area contributed by atoms with Crippen molar-refractivity contribution in [3.63, 3.8) is 0 Å². The van der Waals surface area contributed by atoms with Crippen LogP contribution in [0.5, 0.6) is 0 Å². The van der Waals surface area contributed by atoms with Gasteiger partial charge in [0.1, 0.15) is 11.6 Å². The predicted octanol–water partition coefficient (Wildman–Crippen LogP) is 4.67. The van der Waals surface area contributed by atoms with E-state index >= 15 is 0 Å². The van der Waals surface area contributed by atoms with Crippen molar-refractivity contribution in [2.45, 2.75) is 6.42 Å². The van der Waals surface area contributed by atoms with Gasteiger partial charge in [-0.2, -0.15) is 0 Å². The zero-order valence-electron chi connectivity index (χ0n) is 26.5. The van der Waals surface area contributed by atoms with Crippen LogP contribution < -0.4 is 9.80 Å². The van der Waals surface area contributed by atoms with Gasteiger partial charge in [0, 0.05) is 49.7 Å². The Kier molecular flexibility index (Phi) is 10.1. The number of rotatable bonds is 8. The number of carbonyl (C=O) groups excluding carboxylic acids is 4. The molecule has 5 rings (SSSR count). The van der Waals surface area contributed by atoms with Crippen molar-refractivity contribution in [3.8, 4) is 22.3 Å². The van der Waals surface area contributed by atoms with Crippen LogP contribution in [-0.4, -0.2) is 88.5 Å². The van der Waals surface area contributed by atoms with Gasteiger partial charge in [-0.05, 0) is 78.2 Å². The lowest BCUT2D eigenvalue weighted by Crippen LogP contribution is -2.31. The lowest BCUT2D eigenvalue weighted by molar-refractivity contribution is 0.0581. The first kappa shape index (κ1) is 32.6. The van der Waals surface area contributed by atoms with Crippen molar-refractivity contribution in [2.24, 2.45) is 0 Å². The summed E-state index contributed by atoms with van der Waals surface area (Å²) in [5.41, 5.74) is 3.72. The fourth-order valence-corrected chi connectivity index (χ4v) is 5.39. The third-order valence-corrected chi connectivity index (χ3v) is 7.86. The normalized spacial score (nSPS) is 12.9. The van der Waals surface area contributed by atoms with Gasteiger partial charge in [-0.1, -0.05) is 0 Å². The molecule has 2 aromatic heterocycles. The molecular formula is C35H34N4O8. The average Bonchev–Trinajstić information content (AvgIpc) is 3.39. The van der Waals surface area contributed by atoms with Crippen LogP contribution in [-0.2, 0) is 18.9 Å². The van der Waals surface area contributed by atoms with Gasteiger partial charge in [0.15, 0.2) is 0 Å². The molecule has 0 N–H and O–H groups in total. The van der Waals surface area contributed by atoms with E-state index in [4.69, 9.17) is 28.9 Å². The molecule has 0 spiro atoms. The maximum Gasteiger partial charge on any atom is 0.337 e. The number of benzene rings is 2. The second kappa shape index (κ2) is 14.5. The third-order valence-electron chi connectivity index (χ3n) is 7.86. The predicted molar refractivity (Wildman–Crippen MR) is 174 cm³/mol. The minimum Gasteiger partial charge on any atom is -0.465 e. The van der Waals surface area contributed by atoms with Gasteiger partial charge in [-0.3, -0.25) is 0 Å². The summed E-state index contributed by atoms with van der Waals surface area (Å²) in [6.07, 6.45) is 4.31. The average molecular weight is 639 g/mol. The Hall–Kier alpha value is -5.78. The fourth-order valence-electron chi connectivity index (χ4n) is 5.39. The van der Waals surface area contributed by atoms with Gasteiger partial charge < -0.3 is 28.7 Å². The molecule has 2 aromatic carbocycles. The molecule has 0 amide bonds. The number of esters is 4. The fraction of sp³-hybridized carbons (Fsp3) is 0.257. The number of nitrogens with zero attached hydrogens (tertiary/aromatic N) is 4. The molecule has 47 heavy (non-hydrogen) atoms. The van der Waals surface area contributed by atoms with Gasteiger partial charge in [-0.25, -0.2) is 29.1 Å². The summed E-state index contributed by atoms with van der Waals surface area (Å²) >= 11 is 0. The number of anilines is 2. The van der Waals surface area contributed by atoms with E-state index in [0.717, 1.165) is 42.3 Å². The summed E-state index contributed by atoms with van der Waals surface area (Å²) in [6.45, 7) is 3.01. The molecule has 1 saturated heterocycles. The van der Waals surface area contributed by atoms with E-state index < -0.39 is 23.9 Å². The van der Waals surface area contributed by atoms with Gasteiger partial charge in [0.2, 0.25) is 0 Å². The van der Waals surface area contributed by atoms with Gasteiger partial charge in [0.25, 0.3) is 0 Å². The highest BCUT2D eigenvalue weighted by Crippen LogP contribution is 2.27. The molecule has 12 nitrogen and oxygen atoms in total. The van der Waals surface area contributed by atoms with Crippen LogP contribution in [0.1, 0.15) is 47.9 Å². The monoisotopic (exact) mass is 638 g/mol. The van der Waals surface area contributed by atoms with Crippen molar-refractivity contribution >= 4 is 35.5 Å². The van der Waals surface area contributed by atoms with Crippen molar-refractivity contribution in [1.29, 1.82) is 0 Å². The Morgan fingerprint density at radius 3 is 1.11 bits per heavy atom. The molecule has 0 radical (unpaired) electrons. The lowest BCUT2D eigenvalue weighted by atomic mass is 10.0. The first-order valence-corrected chi connectivity index (χ1v) is 14.8. The highest BCUT2D eigenvalue weighted by atomic mass is 16.5.